The summed E-state index contributed by atoms with van der Waals surface area (Å²) in [5.41, 5.74) is 2.95. The maximum absolute atomic E-state index is 15.1. The van der Waals surface area contributed by atoms with E-state index in [0.717, 1.165) is 49.1 Å². The first-order valence-corrected chi connectivity index (χ1v) is 12.7. The molecule has 2 aliphatic rings. The Morgan fingerprint density at radius 1 is 1.03 bits per heavy atom. The lowest BCUT2D eigenvalue weighted by Gasteiger charge is -2.29. The fraction of sp³-hybridized carbons (Fsp3) is 0.321. The Morgan fingerprint density at radius 2 is 1.84 bits per heavy atom. The van der Waals surface area contributed by atoms with E-state index in [9.17, 15) is 9.59 Å². The third-order valence-electron chi connectivity index (χ3n) is 7.20. The number of hydrogen-bond acceptors (Lipinski definition) is 7. The summed E-state index contributed by atoms with van der Waals surface area (Å²) < 4.78 is 15.1. The maximum Gasteiger partial charge on any atom is 0.272 e. The fourth-order valence-corrected chi connectivity index (χ4v) is 5.24. The van der Waals surface area contributed by atoms with E-state index in [-0.39, 0.29) is 16.8 Å². The average Bonchev–Trinajstić information content (AvgIpc) is 2.95. The zero-order valence-corrected chi connectivity index (χ0v) is 20.4. The van der Waals surface area contributed by atoms with Crippen LogP contribution >= 0.6 is 0 Å². The molecule has 0 spiro atoms. The molecule has 188 valence electrons. The molecular formula is C28H27FN6O2. The van der Waals surface area contributed by atoms with Gasteiger partial charge in [-0.2, -0.15) is 5.10 Å². The molecule has 37 heavy (non-hydrogen) atoms. The number of H-pyrrole nitrogens is 1. The number of carbonyl (C=O) groups is 1. The topological polar surface area (TPSA) is 104 Å². The summed E-state index contributed by atoms with van der Waals surface area (Å²) in [6, 6.07) is 11.8. The Balaban J connectivity index is 1.38. The lowest BCUT2D eigenvalue weighted by molar-refractivity contribution is 0.102. The van der Waals surface area contributed by atoms with Gasteiger partial charge in [-0.3, -0.25) is 9.59 Å². The minimum Gasteiger partial charge on any atom is -0.341 e. The molecule has 2 aromatic carbocycles. The number of fused-ring (bicyclic) bond motifs is 2. The first-order valence-electron chi connectivity index (χ1n) is 12.7. The molecule has 2 aromatic heterocycles. The van der Waals surface area contributed by atoms with Crippen molar-refractivity contribution in [2.45, 2.75) is 38.6 Å². The highest BCUT2D eigenvalue weighted by atomic mass is 19.1. The van der Waals surface area contributed by atoms with E-state index in [1.165, 1.54) is 12.5 Å². The predicted octanol–water partition coefficient (Wildman–Crippen LogP) is 3.31. The number of nitrogens with zero attached hydrogens (tertiary/aromatic N) is 4. The second kappa shape index (κ2) is 9.82. The highest BCUT2D eigenvalue weighted by Gasteiger charge is 2.27. The normalized spacial score (nSPS) is 15.5. The summed E-state index contributed by atoms with van der Waals surface area (Å²) in [6.07, 6.45) is 4.34. The predicted molar refractivity (Wildman–Crippen MR) is 139 cm³/mol. The Hall–Kier alpha value is -3.98. The number of carbonyl (C=O) groups excluding carboxylic acids is 1. The van der Waals surface area contributed by atoms with Crippen molar-refractivity contribution >= 4 is 22.5 Å². The highest BCUT2D eigenvalue weighted by molar-refractivity contribution is 6.09. The van der Waals surface area contributed by atoms with Crippen LogP contribution in [-0.4, -0.2) is 45.6 Å². The zero-order chi connectivity index (χ0) is 25.4. The number of piperidine rings is 1. The van der Waals surface area contributed by atoms with Crippen LogP contribution in [0.2, 0.25) is 0 Å². The Labute approximate surface area is 213 Å². The molecule has 1 fully saturated rings. The molecule has 2 N–H and O–H groups in total. The van der Waals surface area contributed by atoms with Crippen molar-refractivity contribution in [2.75, 3.05) is 24.5 Å². The molecule has 1 saturated heterocycles. The van der Waals surface area contributed by atoms with Gasteiger partial charge in [0.05, 0.1) is 22.3 Å². The number of nitrogens with one attached hydrogen (secondary N) is 2. The van der Waals surface area contributed by atoms with Gasteiger partial charge in [-0.1, -0.05) is 24.3 Å². The van der Waals surface area contributed by atoms with Crippen LogP contribution < -0.4 is 15.8 Å². The fourth-order valence-electron chi connectivity index (χ4n) is 5.24. The van der Waals surface area contributed by atoms with Crippen molar-refractivity contribution in [3.8, 4) is 0 Å². The molecule has 4 heterocycles. The van der Waals surface area contributed by atoms with Crippen LogP contribution in [0, 0.1) is 5.82 Å². The van der Waals surface area contributed by atoms with Crippen molar-refractivity contribution in [2.24, 2.45) is 0 Å². The van der Waals surface area contributed by atoms with Gasteiger partial charge < -0.3 is 10.2 Å². The lowest BCUT2D eigenvalue weighted by atomic mass is 9.96. The smallest absolute Gasteiger partial charge is 0.272 e. The minimum absolute atomic E-state index is 0.0257. The quantitative estimate of drug-likeness (QED) is 0.407. The maximum atomic E-state index is 15.1. The van der Waals surface area contributed by atoms with E-state index in [1.54, 1.807) is 24.3 Å². The van der Waals surface area contributed by atoms with Crippen LogP contribution in [0.15, 0.2) is 47.3 Å². The average molecular weight is 499 g/mol. The number of aromatic amines is 1. The Morgan fingerprint density at radius 3 is 2.68 bits per heavy atom. The first-order chi connectivity index (χ1) is 18.1. The number of ketones is 1. The molecule has 6 rings (SSSR count). The van der Waals surface area contributed by atoms with Gasteiger partial charge in [-0.25, -0.2) is 19.5 Å². The molecule has 8 nitrogen and oxygen atoms in total. The zero-order valence-electron chi connectivity index (χ0n) is 20.4. The van der Waals surface area contributed by atoms with Crippen molar-refractivity contribution < 1.29 is 9.18 Å². The van der Waals surface area contributed by atoms with Crippen LogP contribution in [0.1, 0.15) is 57.8 Å². The third kappa shape index (κ3) is 4.51. The second-order valence-corrected chi connectivity index (χ2v) is 9.64. The summed E-state index contributed by atoms with van der Waals surface area (Å²) in [4.78, 5) is 37.6. The minimum atomic E-state index is -0.594. The van der Waals surface area contributed by atoms with Gasteiger partial charge in [0.1, 0.15) is 11.5 Å². The number of anilines is 1. The third-order valence-corrected chi connectivity index (χ3v) is 7.20. The van der Waals surface area contributed by atoms with Gasteiger partial charge in [-0.15, -0.1) is 0 Å². The number of hydrogen-bond donors (Lipinski definition) is 2. The summed E-state index contributed by atoms with van der Waals surface area (Å²) in [5.74, 6) is -0.480. The van der Waals surface area contributed by atoms with E-state index >= 15 is 4.39 Å². The van der Waals surface area contributed by atoms with Gasteiger partial charge in [0.25, 0.3) is 5.56 Å². The second-order valence-electron chi connectivity index (χ2n) is 9.64. The SMILES string of the molecule is O=C(c1cc(Cc2n[nH]c(=O)c3ccccc23)ccc1F)c1nc(N2CCCCC2)nc2c1CNCC2. The standard InChI is InChI=1S/C28H27FN6O2/c29-22-9-8-17(15-24-18-6-2-3-7-19(18)27(37)34-33-24)14-20(22)26(36)25-21-16-30-11-10-23(21)31-28(32-25)35-12-4-1-5-13-35/h2-3,6-9,14,30H,1,4-5,10-13,15-16H2,(H,34,37). The lowest BCUT2D eigenvalue weighted by Crippen LogP contribution is -2.34. The molecule has 0 amide bonds. The van der Waals surface area contributed by atoms with Gasteiger partial charge in [-0.05, 0) is 43.0 Å². The van der Waals surface area contributed by atoms with E-state index in [0.29, 0.717) is 42.0 Å². The van der Waals surface area contributed by atoms with Crippen molar-refractivity contribution in [3.63, 3.8) is 0 Å². The van der Waals surface area contributed by atoms with Crippen LogP contribution in [0.3, 0.4) is 0 Å². The van der Waals surface area contributed by atoms with Gasteiger partial charge in [0, 0.05) is 50.0 Å². The summed E-state index contributed by atoms with van der Waals surface area (Å²) in [7, 11) is 0. The van der Waals surface area contributed by atoms with Crippen molar-refractivity contribution in [1.82, 2.24) is 25.5 Å². The van der Waals surface area contributed by atoms with E-state index in [2.05, 4.69) is 20.4 Å². The van der Waals surface area contributed by atoms with Gasteiger partial charge in [0.2, 0.25) is 11.7 Å². The summed E-state index contributed by atoms with van der Waals surface area (Å²) in [6.45, 7) is 2.97. The van der Waals surface area contributed by atoms with Crippen LogP contribution in [-0.2, 0) is 19.4 Å². The van der Waals surface area contributed by atoms with E-state index < -0.39 is 11.6 Å². The highest BCUT2D eigenvalue weighted by Crippen LogP contribution is 2.26. The molecule has 0 unspecified atom stereocenters. The van der Waals surface area contributed by atoms with Crippen LogP contribution in [0.25, 0.3) is 10.8 Å². The number of aromatic nitrogens is 4. The molecule has 9 heteroatoms. The van der Waals surface area contributed by atoms with Crippen molar-refractivity contribution in [3.05, 3.63) is 92.4 Å². The summed E-state index contributed by atoms with van der Waals surface area (Å²) in [5, 5.41) is 11.3. The van der Waals surface area contributed by atoms with E-state index in [4.69, 9.17) is 9.97 Å². The monoisotopic (exact) mass is 498 g/mol. The largest absolute Gasteiger partial charge is 0.341 e. The molecule has 0 atom stereocenters. The molecule has 0 bridgehead atoms. The molecular weight excluding hydrogens is 471 g/mol. The molecule has 0 saturated carbocycles. The first kappa shape index (κ1) is 23.4. The van der Waals surface area contributed by atoms with Crippen LogP contribution in [0.4, 0.5) is 10.3 Å². The van der Waals surface area contributed by atoms with Crippen molar-refractivity contribution in [1.29, 1.82) is 0 Å². The molecule has 0 radical (unpaired) electrons. The van der Waals surface area contributed by atoms with Gasteiger partial charge >= 0.3 is 0 Å². The Bertz CT molecular complexity index is 1560. The number of benzene rings is 2. The molecule has 0 aliphatic carbocycles. The van der Waals surface area contributed by atoms with E-state index in [1.807, 2.05) is 12.1 Å². The summed E-state index contributed by atoms with van der Waals surface area (Å²) >= 11 is 0. The van der Waals surface area contributed by atoms with Crippen LogP contribution in [0.5, 0.6) is 0 Å². The number of rotatable bonds is 5. The number of halogens is 1. The van der Waals surface area contributed by atoms with Gasteiger partial charge in [0.15, 0.2) is 0 Å². The Kier molecular flexibility index (Phi) is 6.21. The molecule has 4 aromatic rings. The molecule has 2 aliphatic heterocycles.